The van der Waals surface area contributed by atoms with Gasteiger partial charge in [0, 0.05) is 57.2 Å². The number of nitrogens with zero attached hydrogens (tertiary/aromatic N) is 6. The Labute approximate surface area is 149 Å². The lowest BCUT2D eigenvalue weighted by atomic mass is 10.1. The Morgan fingerprint density at radius 3 is 2.16 bits per heavy atom. The highest BCUT2D eigenvalue weighted by atomic mass is 15.3. The molecule has 0 spiro atoms. The summed E-state index contributed by atoms with van der Waals surface area (Å²) in [5, 5.41) is 0. The minimum absolute atomic E-state index is 0.904. The summed E-state index contributed by atoms with van der Waals surface area (Å²) < 4.78 is 0. The molecule has 0 saturated carbocycles. The van der Waals surface area contributed by atoms with Gasteiger partial charge in [0.05, 0.1) is 0 Å². The molecule has 2 aromatic heterocycles. The lowest BCUT2D eigenvalue weighted by Gasteiger charge is -2.36. The molecular formula is C19H26N6. The number of hydrogen-bond acceptors (Lipinski definition) is 6. The first kappa shape index (κ1) is 16.1. The fraction of sp³-hybridized carbons (Fsp3) is 0.526. The van der Waals surface area contributed by atoms with E-state index in [9.17, 15) is 0 Å². The molecule has 0 bridgehead atoms. The number of piperidine rings is 1. The number of hydrogen-bond donors (Lipinski definition) is 0. The normalized spacial score (nSPS) is 18.5. The van der Waals surface area contributed by atoms with Gasteiger partial charge >= 0.3 is 0 Å². The second kappa shape index (κ2) is 7.25. The van der Waals surface area contributed by atoms with E-state index in [1.165, 1.54) is 19.3 Å². The van der Waals surface area contributed by atoms with Gasteiger partial charge in [-0.1, -0.05) is 6.07 Å². The summed E-state index contributed by atoms with van der Waals surface area (Å²) in [5.74, 6) is 3.03. The lowest BCUT2D eigenvalue weighted by Crippen LogP contribution is -2.47. The molecule has 4 heterocycles. The molecule has 6 heteroatoms. The topological polar surface area (TPSA) is 48.4 Å². The number of piperazine rings is 1. The van der Waals surface area contributed by atoms with Crippen molar-refractivity contribution in [2.75, 3.05) is 54.0 Å². The largest absolute Gasteiger partial charge is 0.353 e. The first-order valence-electron chi connectivity index (χ1n) is 9.31. The second-order valence-electron chi connectivity index (χ2n) is 6.88. The van der Waals surface area contributed by atoms with Crippen molar-refractivity contribution >= 4 is 17.6 Å². The molecule has 0 unspecified atom stereocenters. The van der Waals surface area contributed by atoms with Gasteiger partial charge in [-0.2, -0.15) is 4.98 Å². The number of rotatable bonds is 3. The smallest absolute Gasteiger partial charge is 0.227 e. The van der Waals surface area contributed by atoms with Gasteiger partial charge in [-0.25, -0.2) is 9.97 Å². The first-order valence-corrected chi connectivity index (χ1v) is 9.31. The average molecular weight is 338 g/mol. The minimum atomic E-state index is 0.904. The third-order valence-corrected chi connectivity index (χ3v) is 5.04. The molecule has 4 rings (SSSR count). The van der Waals surface area contributed by atoms with E-state index in [-0.39, 0.29) is 0 Å². The quantitative estimate of drug-likeness (QED) is 0.857. The van der Waals surface area contributed by atoms with Gasteiger partial charge in [0.15, 0.2) is 0 Å². The molecule has 0 aromatic carbocycles. The molecule has 0 N–H and O–H groups in total. The minimum Gasteiger partial charge on any atom is -0.353 e. The van der Waals surface area contributed by atoms with Crippen LogP contribution < -0.4 is 14.7 Å². The predicted octanol–water partition coefficient (Wildman–Crippen LogP) is 2.50. The van der Waals surface area contributed by atoms with E-state index in [0.29, 0.717) is 0 Å². The number of aryl methyl sites for hydroxylation is 1. The number of aromatic nitrogens is 3. The van der Waals surface area contributed by atoms with Crippen molar-refractivity contribution in [1.29, 1.82) is 0 Å². The summed E-state index contributed by atoms with van der Waals surface area (Å²) in [6.07, 6.45) is 5.68. The zero-order valence-electron chi connectivity index (χ0n) is 14.9. The Morgan fingerprint density at radius 1 is 0.760 bits per heavy atom. The van der Waals surface area contributed by atoms with Crippen LogP contribution in [0.2, 0.25) is 0 Å². The monoisotopic (exact) mass is 338 g/mol. The molecule has 2 fully saturated rings. The van der Waals surface area contributed by atoms with Crippen molar-refractivity contribution in [2.45, 2.75) is 26.2 Å². The van der Waals surface area contributed by atoms with Crippen LogP contribution in [-0.2, 0) is 0 Å². The van der Waals surface area contributed by atoms with Crippen LogP contribution in [0, 0.1) is 6.92 Å². The zero-order chi connectivity index (χ0) is 17.1. The molecule has 0 amide bonds. The van der Waals surface area contributed by atoms with E-state index in [1.54, 1.807) is 0 Å². The first-order chi connectivity index (χ1) is 12.3. The zero-order valence-corrected chi connectivity index (χ0v) is 14.9. The van der Waals surface area contributed by atoms with Crippen molar-refractivity contribution in [3.05, 3.63) is 36.2 Å². The van der Waals surface area contributed by atoms with Crippen LogP contribution in [0.25, 0.3) is 0 Å². The van der Waals surface area contributed by atoms with Gasteiger partial charge in [0.25, 0.3) is 0 Å². The Morgan fingerprint density at radius 2 is 1.48 bits per heavy atom. The molecule has 2 aliphatic rings. The fourth-order valence-corrected chi connectivity index (χ4v) is 3.64. The van der Waals surface area contributed by atoms with Crippen LogP contribution in [0.5, 0.6) is 0 Å². The Hall–Kier alpha value is -2.37. The molecule has 0 aliphatic carbocycles. The molecule has 132 valence electrons. The van der Waals surface area contributed by atoms with E-state index in [2.05, 4.69) is 43.7 Å². The molecule has 6 nitrogen and oxygen atoms in total. The molecule has 2 aromatic rings. The highest BCUT2D eigenvalue weighted by molar-refractivity contribution is 5.48. The maximum atomic E-state index is 4.89. The summed E-state index contributed by atoms with van der Waals surface area (Å²) in [6, 6.07) is 8.21. The Bertz CT molecular complexity index is 690. The summed E-state index contributed by atoms with van der Waals surface area (Å²) in [4.78, 5) is 21.1. The summed E-state index contributed by atoms with van der Waals surface area (Å²) >= 11 is 0. The summed E-state index contributed by atoms with van der Waals surface area (Å²) in [5.41, 5.74) is 1.05. The molecule has 2 saturated heterocycles. The summed E-state index contributed by atoms with van der Waals surface area (Å²) in [7, 11) is 0. The summed E-state index contributed by atoms with van der Waals surface area (Å²) in [6.45, 7) is 8.10. The number of pyridine rings is 1. The van der Waals surface area contributed by atoms with Crippen molar-refractivity contribution in [1.82, 2.24) is 15.0 Å². The van der Waals surface area contributed by atoms with Crippen LogP contribution in [0.4, 0.5) is 17.6 Å². The van der Waals surface area contributed by atoms with Gasteiger partial charge in [0.1, 0.15) is 11.6 Å². The SMILES string of the molecule is Cc1cc(N2CCN(c3ccccn3)CC2)nc(N2CCCCC2)n1. The van der Waals surface area contributed by atoms with Gasteiger partial charge in [-0.05, 0) is 38.3 Å². The Balaban J connectivity index is 1.46. The van der Waals surface area contributed by atoms with Crippen LogP contribution in [0.15, 0.2) is 30.5 Å². The highest BCUT2D eigenvalue weighted by Gasteiger charge is 2.21. The van der Waals surface area contributed by atoms with Gasteiger partial charge in [-0.15, -0.1) is 0 Å². The van der Waals surface area contributed by atoms with E-state index in [4.69, 9.17) is 4.98 Å². The van der Waals surface area contributed by atoms with Crippen LogP contribution in [0.1, 0.15) is 25.0 Å². The lowest BCUT2D eigenvalue weighted by molar-refractivity contribution is 0.566. The predicted molar refractivity (Wildman–Crippen MR) is 101 cm³/mol. The van der Waals surface area contributed by atoms with E-state index < -0.39 is 0 Å². The standard InChI is InChI=1S/C19H26N6/c1-16-15-18(22-19(21-16)25-9-5-2-6-10-25)24-13-11-23(12-14-24)17-7-3-4-8-20-17/h3-4,7-8,15H,2,5-6,9-14H2,1H3. The third kappa shape index (κ3) is 3.67. The Kier molecular flexibility index (Phi) is 4.68. The number of anilines is 3. The molecular weight excluding hydrogens is 312 g/mol. The van der Waals surface area contributed by atoms with Crippen LogP contribution in [-0.4, -0.2) is 54.2 Å². The third-order valence-electron chi connectivity index (χ3n) is 5.04. The van der Waals surface area contributed by atoms with Gasteiger partial charge in [-0.3, -0.25) is 0 Å². The van der Waals surface area contributed by atoms with Crippen LogP contribution >= 0.6 is 0 Å². The highest BCUT2D eigenvalue weighted by Crippen LogP contribution is 2.22. The molecule has 0 atom stereocenters. The van der Waals surface area contributed by atoms with Gasteiger partial charge < -0.3 is 14.7 Å². The van der Waals surface area contributed by atoms with Gasteiger partial charge in [0.2, 0.25) is 5.95 Å². The molecule has 2 aliphatic heterocycles. The van der Waals surface area contributed by atoms with Crippen molar-refractivity contribution in [2.24, 2.45) is 0 Å². The molecule has 0 radical (unpaired) electrons. The average Bonchev–Trinajstić information content (AvgIpc) is 2.69. The van der Waals surface area contributed by atoms with Crippen molar-refractivity contribution in [3.63, 3.8) is 0 Å². The fourth-order valence-electron chi connectivity index (χ4n) is 3.64. The van der Waals surface area contributed by atoms with Crippen molar-refractivity contribution in [3.8, 4) is 0 Å². The van der Waals surface area contributed by atoms with Crippen molar-refractivity contribution < 1.29 is 0 Å². The van der Waals surface area contributed by atoms with Crippen LogP contribution in [0.3, 0.4) is 0 Å². The van der Waals surface area contributed by atoms with E-state index in [1.807, 2.05) is 18.3 Å². The maximum Gasteiger partial charge on any atom is 0.227 e. The second-order valence-corrected chi connectivity index (χ2v) is 6.88. The van der Waals surface area contributed by atoms with E-state index in [0.717, 1.165) is 62.5 Å². The molecule has 25 heavy (non-hydrogen) atoms. The maximum absolute atomic E-state index is 4.89. The van der Waals surface area contributed by atoms with E-state index >= 15 is 0 Å².